The van der Waals surface area contributed by atoms with E-state index in [4.69, 9.17) is 9.47 Å². The monoisotopic (exact) mass is 241 g/mol. The third-order valence-electron chi connectivity index (χ3n) is 4.43. The maximum atomic E-state index is 5.71. The standard InChI is InChI=1S/C14H27NO2/c1-15-11-14(9-12-8-13(12)10-14)4-7-17-6-3-5-16-2/h12-13,15H,3-11H2,1-2H3. The van der Waals surface area contributed by atoms with Crippen LogP contribution in [-0.2, 0) is 9.47 Å². The van der Waals surface area contributed by atoms with Crippen LogP contribution < -0.4 is 5.32 Å². The molecule has 2 unspecified atom stereocenters. The Bertz CT molecular complexity index is 222. The molecule has 2 atom stereocenters. The van der Waals surface area contributed by atoms with Crippen molar-refractivity contribution >= 4 is 0 Å². The fourth-order valence-corrected chi connectivity index (χ4v) is 3.51. The molecule has 0 heterocycles. The first kappa shape index (κ1) is 13.3. The van der Waals surface area contributed by atoms with Gasteiger partial charge in [0.25, 0.3) is 0 Å². The van der Waals surface area contributed by atoms with Crippen LogP contribution in [0.3, 0.4) is 0 Å². The van der Waals surface area contributed by atoms with Crippen LogP contribution in [-0.4, -0.2) is 40.5 Å². The average molecular weight is 241 g/mol. The molecule has 0 radical (unpaired) electrons. The van der Waals surface area contributed by atoms with Gasteiger partial charge in [-0.2, -0.15) is 0 Å². The molecule has 2 fully saturated rings. The van der Waals surface area contributed by atoms with Crippen molar-refractivity contribution in [2.45, 2.75) is 32.1 Å². The summed E-state index contributed by atoms with van der Waals surface area (Å²) in [7, 11) is 3.82. The predicted molar refractivity (Wildman–Crippen MR) is 69.1 cm³/mol. The second kappa shape index (κ2) is 6.17. The van der Waals surface area contributed by atoms with Crippen LogP contribution in [0.15, 0.2) is 0 Å². The van der Waals surface area contributed by atoms with Gasteiger partial charge in [0.2, 0.25) is 0 Å². The van der Waals surface area contributed by atoms with Crippen LogP contribution in [0.5, 0.6) is 0 Å². The number of fused-ring (bicyclic) bond motifs is 1. The molecule has 0 bridgehead atoms. The minimum Gasteiger partial charge on any atom is -0.385 e. The van der Waals surface area contributed by atoms with E-state index in [9.17, 15) is 0 Å². The van der Waals surface area contributed by atoms with E-state index in [0.29, 0.717) is 5.41 Å². The van der Waals surface area contributed by atoms with Gasteiger partial charge in [0, 0.05) is 33.5 Å². The van der Waals surface area contributed by atoms with Crippen molar-refractivity contribution < 1.29 is 9.47 Å². The molecule has 0 spiro atoms. The molecule has 0 aliphatic heterocycles. The lowest BCUT2D eigenvalue weighted by molar-refractivity contribution is 0.0735. The summed E-state index contributed by atoms with van der Waals surface area (Å²) >= 11 is 0. The van der Waals surface area contributed by atoms with E-state index in [1.54, 1.807) is 7.11 Å². The molecular weight excluding hydrogens is 214 g/mol. The lowest BCUT2D eigenvalue weighted by atomic mass is 9.80. The van der Waals surface area contributed by atoms with Crippen LogP contribution in [0, 0.1) is 17.3 Å². The summed E-state index contributed by atoms with van der Waals surface area (Å²) in [6, 6.07) is 0. The summed E-state index contributed by atoms with van der Waals surface area (Å²) in [4.78, 5) is 0. The Labute approximate surface area is 105 Å². The molecule has 0 aromatic heterocycles. The van der Waals surface area contributed by atoms with Crippen molar-refractivity contribution in [2.75, 3.05) is 40.5 Å². The molecule has 100 valence electrons. The van der Waals surface area contributed by atoms with E-state index in [0.717, 1.165) is 38.1 Å². The quantitative estimate of drug-likeness (QED) is 0.627. The zero-order valence-corrected chi connectivity index (χ0v) is 11.3. The van der Waals surface area contributed by atoms with Crippen LogP contribution in [0.2, 0.25) is 0 Å². The molecule has 17 heavy (non-hydrogen) atoms. The van der Waals surface area contributed by atoms with Crippen LogP contribution >= 0.6 is 0 Å². The van der Waals surface area contributed by atoms with Crippen molar-refractivity contribution in [3.05, 3.63) is 0 Å². The third-order valence-corrected chi connectivity index (χ3v) is 4.43. The van der Waals surface area contributed by atoms with Gasteiger partial charge >= 0.3 is 0 Å². The first-order chi connectivity index (χ1) is 8.29. The number of hydrogen-bond donors (Lipinski definition) is 1. The van der Waals surface area contributed by atoms with Crippen LogP contribution in [0.4, 0.5) is 0 Å². The first-order valence-corrected chi connectivity index (χ1v) is 7.01. The second-order valence-corrected chi connectivity index (χ2v) is 5.90. The second-order valence-electron chi connectivity index (χ2n) is 5.90. The highest BCUT2D eigenvalue weighted by atomic mass is 16.5. The number of nitrogens with one attached hydrogen (secondary N) is 1. The molecule has 0 saturated heterocycles. The fourth-order valence-electron chi connectivity index (χ4n) is 3.51. The Morgan fingerprint density at radius 2 is 1.94 bits per heavy atom. The highest BCUT2D eigenvalue weighted by Crippen LogP contribution is 2.60. The molecule has 2 aliphatic carbocycles. The Hall–Kier alpha value is -0.120. The Kier molecular flexibility index (Phi) is 4.83. The number of hydrogen-bond acceptors (Lipinski definition) is 3. The molecule has 2 aliphatic rings. The summed E-state index contributed by atoms with van der Waals surface area (Å²) in [6.45, 7) is 3.74. The summed E-state index contributed by atoms with van der Waals surface area (Å²) in [5.41, 5.74) is 0.545. The third kappa shape index (κ3) is 3.67. The van der Waals surface area contributed by atoms with E-state index in [1.165, 1.54) is 32.2 Å². The van der Waals surface area contributed by atoms with Gasteiger partial charge in [0.15, 0.2) is 0 Å². The minimum atomic E-state index is 0.545. The zero-order valence-electron chi connectivity index (χ0n) is 11.3. The van der Waals surface area contributed by atoms with E-state index >= 15 is 0 Å². The topological polar surface area (TPSA) is 30.5 Å². The van der Waals surface area contributed by atoms with Crippen molar-refractivity contribution in [3.8, 4) is 0 Å². The van der Waals surface area contributed by atoms with Crippen molar-refractivity contribution in [1.82, 2.24) is 5.32 Å². The Morgan fingerprint density at radius 1 is 1.18 bits per heavy atom. The molecule has 0 aromatic rings. The van der Waals surface area contributed by atoms with Gasteiger partial charge in [0.05, 0.1) is 0 Å². The molecular formula is C14H27NO2. The molecule has 2 saturated carbocycles. The Balaban J connectivity index is 1.61. The summed E-state index contributed by atoms with van der Waals surface area (Å²) in [6.07, 6.45) is 6.61. The molecule has 0 amide bonds. The fraction of sp³-hybridized carbons (Fsp3) is 1.00. The summed E-state index contributed by atoms with van der Waals surface area (Å²) in [5.74, 6) is 2.11. The van der Waals surface area contributed by atoms with Crippen LogP contribution in [0.25, 0.3) is 0 Å². The van der Waals surface area contributed by atoms with E-state index < -0.39 is 0 Å². The molecule has 3 heteroatoms. The maximum absolute atomic E-state index is 5.71. The van der Waals surface area contributed by atoms with Gasteiger partial charge < -0.3 is 14.8 Å². The predicted octanol–water partition coefficient (Wildman–Crippen LogP) is 2.07. The largest absolute Gasteiger partial charge is 0.385 e. The molecule has 3 nitrogen and oxygen atoms in total. The average Bonchev–Trinajstić information content (AvgIpc) is 2.93. The number of rotatable bonds is 9. The van der Waals surface area contributed by atoms with E-state index in [-0.39, 0.29) is 0 Å². The first-order valence-electron chi connectivity index (χ1n) is 7.01. The van der Waals surface area contributed by atoms with Gasteiger partial charge in [0.1, 0.15) is 0 Å². The molecule has 1 N–H and O–H groups in total. The van der Waals surface area contributed by atoms with Gasteiger partial charge in [-0.05, 0) is 56.4 Å². The normalized spacial score (nSPS) is 34.9. The highest BCUT2D eigenvalue weighted by molar-refractivity contribution is 5.03. The minimum absolute atomic E-state index is 0.545. The van der Waals surface area contributed by atoms with Gasteiger partial charge in [-0.25, -0.2) is 0 Å². The molecule has 0 aromatic carbocycles. The smallest absolute Gasteiger partial charge is 0.0487 e. The summed E-state index contributed by atoms with van der Waals surface area (Å²) < 4.78 is 10.7. The van der Waals surface area contributed by atoms with E-state index in [1.807, 2.05) is 0 Å². The van der Waals surface area contributed by atoms with Crippen molar-refractivity contribution in [3.63, 3.8) is 0 Å². The zero-order chi connectivity index (χ0) is 12.1. The maximum Gasteiger partial charge on any atom is 0.0487 e. The van der Waals surface area contributed by atoms with Crippen molar-refractivity contribution in [2.24, 2.45) is 17.3 Å². The van der Waals surface area contributed by atoms with Gasteiger partial charge in [-0.1, -0.05) is 0 Å². The van der Waals surface area contributed by atoms with Gasteiger partial charge in [-0.15, -0.1) is 0 Å². The van der Waals surface area contributed by atoms with Crippen LogP contribution in [0.1, 0.15) is 32.1 Å². The van der Waals surface area contributed by atoms with Gasteiger partial charge in [-0.3, -0.25) is 0 Å². The van der Waals surface area contributed by atoms with E-state index in [2.05, 4.69) is 12.4 Å². The SMILES string of the molecule is CNCC1(CCOCCCOC)CC2CC2C1. The lowest BCUT2D eigenvalue weighted by Gasteiger charge is -2.30. The molecule has 2 rings (SSSR count). The number of ether oxygens (including phenoxy) is 2. The lowest BCUT2D eigenvalue weighted by Crippen LogP contribution is -2.32. The Morgan fingerprint density at radius 3 is 2.59 bits per heavy atom. The summed E-state index contributed by atoms with van der Waals surface area (Å²) in [5, 5.41) is 3.38. The van der Waals surface area contributed by atoms with Crippen molar-refractivity contribution in [1.29, 1.82) is 0 Å². The number of methoxy groups -OCH3 is 1. The highest BCUT2D eigenvalue weighted by Gasteiger charge is 2.52.